The molecule has 17 heteroatoms. The molecule has 2 unspecified atom stereocenters. The van der Waals surface area contributed by atoms with Crippen molar-refractivity contribution in [2.75, 3.05) is 26.1 Å². The first-order valence-corrected chi connectivity index (χ1v) is 14.4. The molecule has 0 amide bonds. The number of nitrogens with zero attached hydrogens (tertiary/aromatic N) is 4. The molecule has 0 radical (unpaired) electrons. The van der Waals surface area contributed by atoms with Crippen LogP contribution in [-0.4, -0.2) is 75.0 Å². The lowest BCUT2D eigenvalue weighted by Gasteiger charge is -2.37. The molecule has 1 aromatic carbocycles. The maximum absolute atomic E-state index is 16.3. The Morgan fingerprint density at radius 3 is 2.48 bits per heavy atom. The molecule has 4 N–H and O–H groups in total. The third-order valence-electron chi connectivity index (χ3n) is 5.84. The molecular formula is C25H35F2N6O8P. The van der Waals surface area contributed by atoms with Crippen molar-refractivity contribution in [1.29, 1.82) is 0 Å². The molecule has 0 aliphatic heterocycles. The van der Waals surface area contributed by atoms with Gasteiger partial charge in [0.25, 0.3) is 5.85 Å². The fraction of sp³-hybridized carbons (Fsp3) is 0.520. The van der Waals surface area contributed by atoms with Crippen LogP contribution < -0.4 is 20.1 Å². The fourth-order valence-corrected chi connectivity index (χ4v) is 5.23. The monoisotopic (exact) mass is 616 g/mol. The van der Waals surface area contributed by atoms with E-state index >= 15 is 8.78 Å². The predicted octanol–water partition coefficient (Wildman–Crippen LogP) is 3.26. The van der Waals surface area contributed by atoms with Gasteiger partial charge in [-0.15, -0.1) is 0 Å². The van der Waals surface area contributed by atoms with E-state index in [1.54, 1.807) is 39.0 Å². The summed E-state index contributed by atoms with van der Waals surface area (Å²) >= 11 is 0. The van der Waals surface area contributed by atoms with Crippen LogP contribution in [0.25, 0.3) is 11.2 Å². The molecule has 0 saturated heterocycles. The second-order valence-electron chi connectivity index (χ2n) is 9.54. The van der Waals surface area contributed by atoms with Crippen LogP contribution in [0.2, 0.25) is 0 Å². The highest BCUT2D eigenvalue weighted by Gasteiger charge is 2.54. The smallest absolute Gasteiger partial charge is 0.459 e. The highest BCUT2D eigenvalue weighted by molar-refractivity contribution is 7.52. The van der Waals surface area contributed by atoms with E-state index in [-0.39, 0.29) is 35.3 Å². The highest BCUT2D eigenvalue weighted by atomic mass is 31.2. The molecule has 5 atom stereocenters. The van der Waals surface area contributed by atoms with Gasteiger partial charge in [-0.1, -0.05) is 18.2 Å². The first-order valence-electron chi connectivity index (χ1n) is 12.9. The minimum atomic E-state index is -4.59. The molecule has 2 heterocycles. The topological polar surface area (TPSA) is 182 Å². The highest BCUT2D eigenvalue weighted by Crippen LogP contribution is 2.47. The Bertz CT molecular complexity index is 1410. The lowest BCUT2D eigenvalue weighted by Crippen LogP contribution is -2.55. The van der Waals surface area contributed by atoms with Crippen molar-refractivity contribution in [3.63, 3.8) is 0 Å². The van der Waals surface area contributed by atoms with Crippen molar-refractivity contribution >= 4 is 30.8 Å². The zero-order valence-electron chi connectivity index (χ0n) is 24.0. The van der Waals surface area contributed by atoms with Crippen LogP contribution in [0.15, 0.2) is 36.7 Å². The summed E-state index contributed by atoms with van der Waals surface area (Å²) in [4.78, 5) is 24.3. The molecule has 3 aromatic rings. The van der Waals surface area contributed by atoms with Crippen LogP contribution >= 0.6 is 7.75 Å². The van der Waals surface area contributed by atoms with E-state index in [1.807, 2.05) is 0 Å². The number of benzene rings is 1. The number of hydrogen-bond acceptors (Lipinski definition) is 12. The van der Waals surface area contributed by atoms with Gasteiger partial charge >= 0.3 is 13.7 Å². The fourth-order valence-electron chi connectivity index (χ4n) is 3.73. The Morgan fingerprint density at radius 1 is 1.21 bits per heavy atom. The van der Waals surface area contributed by atoms with Crippen molar-refractivity contribution in [2.24, 2.45) is 0 Å². The molecule has 0 bridgehead atoms. The molecule has 0 spiro atoms. The second-order valence-corrected chi connectivity index (χ2v) is 11.2. The van der Waals surface area contributed by atoms with Gasteiger partial charge in [-0.05, 0) is 46.8 Å². The minimum absolute atomic E-state index is 0.00693. The summed E-state index contributed by atoms with van der Waals surface area (Å²) in [5.74, 6) is -7.40. The number of nitrogen functional groups attached to an aromatic ring is 1. The number of imidazole rings is 1. The average molecular weight is 617 g/mol. The summed E-state index contributed by atoms with van der Waals surface area (Å²) in [6.45, 7) is 5.96. The van der Waals surface area contributed by atoms with Crippen molar-refractivity contribution < 1.29 is 46.5 Å². The van der Waals surface area contributed by atoms with Gasteiger partial charge in [0, 0.05) is 7.11 Å². The Labute approximate surface area is 241 Å². The summed E-state index contributed by atoms with van der Waals surface area (Å²) in [7, 11) is -3.75. The number of alkyl halides is 2. The number of para-hydroxylation sites is 1. The van der Waals surface area contributed by atoms with E-state index < -0.39 is 50.2 Å². The van der Waals surface area contributed by atoms with E-state index in [0.717, 1.165) is 24.9 Å². The number of nitrogens with two attached hydrogens (primary N) is 1. The molecule has 0 saturated carbocycles. The van der Waals surface area contributed by atoms with E-state index in [0.29, 0.717) is 0 Å². The number of halogens is 2. The zero-order valence-corrected chi connectivity index (χ0v) is 24.9. The number of ether oxygens (including phenoxy) is 3. The van der Waals surface area contributed by atoms with Crippen molar-refractivity contribution in [3.8, 4) is 11.6 Å². The summed E-state index contributed by atoms with van der Waals surface area (Å²) < 4.78 is 73.0. The number of fused-ring (bicyclic) bond motifs is 1. The van der Waals surface area contributed by atoms with E-state index in [1.165, 1.54) is 19.1 Å². The van der Waals surface area contributed by atoms with Crippen LogP contribution in [0.1, 0.15) is 34.6 Å². The molecule has 232 valence electrons. The zero-order chi connectivity index (χ0) is 31.3. The van der Waals surface area contributed by atoms with E-state index in [2.05, 4.69) is 20.0 Å². The molecule has 14 nitrogen and oxygen atoms in total. The SMILES string of the molecule is CCOc1nc(N)nc2c1ncn2[C@](C)(F)[C@H](O)[C@@](F)(COP(=O)(NC(C)C(=O)OC(C)C)Oc1ccccc1)OC. The first-order chi connectivity index (χ1) is 19.7. The summed E-state index contributed by atoms with van der Waals surface area (Å²) in [6, 6.07) is 6.46. The third-order valence-corrected chi connectivity index (χ3v) is 7.46. The number of methoxy groups -OCH3 is 1. The lowest BCUT2D eigenvalue weighted by atomic mass is 10.0. The van der Waals surface area contributed by atoms with Crippen LogP contribution in [0.5, 0.6) is 11.6 Å². The van der Waals surface area contributed by atoms with Gasteiger partial charge in [0.1, 0.15) is 18.4 Å². The Hall–Kier alpha value is -3.43. The second kappa shape index (κ2) is 13.3. The number of nitrogens with one attached hydrogen (secondary N) is 1. The van der Waals surface area contributed by atoms with Gasteiger partial charge in [-0.25, -0.2) is 18.3 Å². The Morgan fingerprint density at radius 2 is 1.88 bits per heavy atom. The number of esters is 1. The van der Waals surface area contributed by atoms with Gasteiger partial charge in [0.15, 0.2) is 17.3 Å². The van der Waals surface area contributed by atoms with Crippen molar-refractivity contribution in [1.82, 2.24) is 24.6 Å². The van der Waals surface area contributed by atoms with Crippen LogP contribution in [-0.2, 0) is 29.1 Å². The van der Waals surface area contributed by atoms with Gasteiger partial charge in [-0.3, -0.25) is 13.9 Å². The van der Waals surface area contributed by atoms with Crippen LogP contribution in [0, 0.1) is 0 Å². The maximum Gasteiger partial charge on any atom is 0.459 e. The molecule has 0 aliphatic carbocycles. The normalized spacial score (nSPS) is 17.6. The number of carbonyl (C=O) groups is 1. The molecule has 3 rings (SSSR count). The van der Waals surface area contributed by atoms with Crippen LogP contribution in [0.3, 0.4) is 0 Å². The van der Waals surface area contributed by atoms with Gasteiger partial charge < -0.3 is 29.6 Å². The molecular weight excluding hydrogens is 581 g/mol. The molecule has 2 aromatic heterocycles. The number of anilines is 1. The van der Waals surface area contributed by atoms with E-state index in [9.17, 15) is 14.5 Å². The molecule has 0 fully saturated rings. The standard InChI is InChI=1S/C25H35F2N6O8P/c1-7-38-20-18-19(30-23(28)31-20)33(14-29-18)24(5,26)22(35)25(27,37-6)13-39-42(36,41-17-11-9-8-10-12-17)32-16(4)21(34)40-15(2)3/h8-12,14-16,22,35H,7,13H2,1-6H3,(H,32,36)(H2,28,30,31)/t16?,22-,24-,25+,42?/m0/s1. The number of rotatable bonds is 15. The Balaban J connectivity index is 1.91. The summed E-state index contributed by atoms with van der Waals surface area (Å²) in [5.41, 5.74) is 5.53. The third kappa shape index (κ3) is 7.50. The number of carbonyl (C=O) groups excluding carboxylic acids is 1. The summed E-state index contributed by atoms with van der Waals surface area (Å²) in [6.07, 6.45) is -2.16. The number of aromatic nitrogens is 4. The molecule has 42 heavy (non-hydrogen) atoms. The molecule has 0 aliphatic rings. The van der Waals surface area contributed by atoms with Gasteiger partial charge in [0.05, 0.1) is 19.0 Å². The quantitative estimate of drug-likeness (QED) is 0.167. The maximum atomic E-state index is 16.3. The number of hydrogen-bond donors (Lipinski definition) is 3. The summed E-state index contributed by atoms with van der Waals surface area (Å²) in [5, 5.41) is 13.4. The van der Waals surface area contributed by atoms with Crippen molar-refractivity contribution in [3.05, 3.63) is 36.7 Å². The Kier molecular flexibility index (Phi) is 10.4. The van der Waals surface area contributed by atoms with Crippen molar-refractivity contribution in [2.45, 2.75) is 64.5 Å². The number of aliphatic hydroxyl groups is 1. The largest absolute Gasteiger partial charge is 0.476 e. The first kappa shape index (κ1) is 33.1. The minimum Gasteiger partial charge on any atom is -0.476 e. The lowest BCUT2D eigenvalue weighted by molar-refractivity contribution is -0.253. The number of aliphatic hydroxyl groups excluding tert-OH is 1. The van der Waals surface area contributed by atoms with Gasteiger partial charge in [0.2, 0.25) is 17.6 Å². The average Bonchev–Trinajstić information content (AvgIpc) is 3.36. The predicted molar refractivity (Wildman–Crippen MR) is 147 cm³/mol. The van der Waals surface area contributed by atoms with E-state index in [4.69, 9.17) is 29.0 Å². The van der Waals surface area contributed by atoms with Gasteiger partial charge in [-0.2, -0.15) is 15.1 Å². The van der Waals surface area contributed by atoms with Crippen LogP contribution in [0.4, 0.5) is 14.7 Å².